The van der Waals surface area contributed by atoms with Gasteiger partial charge in [0.05, 0.1) is 0 Å². The van der Waals surface area contributed by atoms with Crippen LogP contribution in [-0.4, -0.2) is 0 Å². The predicted molar refractivity (Wildman–Crippen MR) is 43.6 cm³/mol. The van der Waals surface area contributed by atoms with Crippen LogP contribution in [0.5, 0.6) is 0 Å². The summed E-state index contributed by atoms with van der Waals surface area (Å²) in [6.45, 7) is 11.0. The highest BCUT2D eigenvalue weighted by Crippen LogP contribution is 2.16. The van der Waals surface area contributed by atoms with Crippen molar-refractivity contribution in [1.82, 2.24) is 0 Å². The maximum absolute atomic E-state index is 5.78. The molecule has 0 saturated carbocycles. The Morgan fingerprint density at radius 2 is 1.89 bits per heavy atom. The Balaban J connectivity index is 4.47. The zero-order valence-electron chi connectivity index (χ0n) is 5.87. The zero-order chi connectivity index (χ0) is 7.44. The molecule has 0 rings (SSSR count). The van der Waals surface area contributed by atoms with Crippen molar-refractivity contribution in [2.75, 3.05) is 0 Å². The van der Waals surface area contributed by atoms with E-state index in [1.54, 1.807) is 6.08 Å². The third-order valence-electron chi connectivity index (χ3n) is 1.03. The average molecular weight is 143 g/mol. The molecule has 0 atom stereocenters. The maximum atomic E-state index is 5.78. The van der Waals surface area contributed by atoms with E-state index in [1.165, 1.54) is 0 Å². The molecule has 0 amide bonds. The Morgan fingerprint density at radius 3 is 2.00 bits per heavy atom. The van der Waals surface area contributed by atoms with Crippen molar-refractivity contribution in [2.24, 2.45) is 0 Å². The van der Waals surface area contributed by atoms with E-state index in [2.05, 4.69) is 13.2 Å². The SMILES string of the molecule is C=C/C(C)=C(/Cl)C(=C)C. The summed E-state index contributed by atoms with van der Waals surface area (Å²) in [6, 6.07) is 0. The van der Waals surface area contributed by atoms with Gasteiger partial charge >= 0.3 is 0 Å². The molecule has 0 aliphatic rings. The predicted octanol–water partition coefficient (Wildman–Crippen LogP) is 3.26. The quantitative estimate of drug-likeness (QED) is 0.520. The van der Waals surface area contributed by atoms with E-state index in [4.69, 9.17) is 11.6 Å². The van der Waals surface area contributed by atoms with E-state index >= 15 is 0 Å². The largest absolute Gasteiger partial charge is 0.0987 e. The van der Waals surface area contributed by atoms with Crippen LogP contribution in [0.1, 0.15) is 13.8 Å². The van der Waals surface area contributed by atoms with Crippen molar-refractivity contribution in [3.63, 3.8) is 0 Å². The van der Waals surface area contributed by atoms with Gasteiger partial charge in [-0.05, 0) is 25.0 Å². The molecule has 0 N–H and O–H groups in total. The molecule has 0 heterocycles. The van der Waals surface area contributed by atoms with Crippen LogP contribution in [0.4, 0.5) is 0 Å². The second-order valence-electron chi connectivity index (χ2n) is 1.98. The molecule has 0 aromatic rings. The zero-order valence-corrected chi connectivity index (χ0v) is 6.63. The lowest BCUT2D eigenvalue weighted by Gasteiger charge is -1.97. The van der Waals surface area contributed by atoms with Crippen LogP contribution in [-0.2, 0) is 0 Å². The van der Waals surface area contributed by atoms with Crippen LogP contribution in [0, 0.1) is 0 Å². The molecule has 0 fully saturated rings. The van der Waals surface area contributed by atoms with E-state index in [1.807, 2.05) is 13.8 Å². The topological polar surface area (TPSA) is 0 Å². The Labute approximate surface area is 61.5 Å². The average Bonchev–Trinajstić information content (AvgIpc) is 1.84. The Hall–Kier alpha value is -0.490. The van der Waals surface area contributed by atoms with Crippen LogP contribution in [0.2, 0.25) is 0 Å². The first-order chi connectivity index (χ1) is 4.09. The number of rotatable bonds is 2. The molecular weight excluding hydrogens is 132 g/mol. The highest BCUT2D eigenvalue weighted by atomic mass is 35.5. The van der Waals surface area contributed by atoms with Gasteiger partial charge in [-0.2, -0.15) is 0 Å². The molecule has 9 heavy (non-hydrogen) atoms. The lowest BCUT2D eigenvalue weighted by molar-refractivity contribution is 1.42. The van der Waals surface area contributed by atoms with Crippen LogP contribution < -0.4 is 0 Å². The molecule has 0 aromatic carbocycles. The first-order valence-electron chi connectivity index (χ1n) is 2.74. The van der Waals surface area contributed by atoms with E-state index in [9.17, 15) is 0 Å². The fraction of sp³-hybridized carbons (Fsp3) is 0.250. The Kier molecular flexibility index (Phi) is 3.33. The van der Waals surface area contributed by atoms with Crippen molar-refractivity contribution in [1.29, 1.82) is 0 Å². The molecule has 0 spiro atoms. The molecule has 0 radical (unpaired) electrons. The van der Waals surface area contributed by atoms with Crippen molar-refractivity contribution in [3.8, 4) is 0 Å². The molecule has 0 aliphatic heterocycles. The monoisotopic (exact) mass is 142 g/mol. The number of hydrogen-bond acceptors (Lipinski definition) is 0. The minimum Gasteiger partial charge on any atom is -0.0987 e. The number of halogens is 1. The Bertz CT molecular complexity index is 163. The van der Waals surface area contributed by atoms with Gasteiger partial charge in [0.25, 0.3) is 0 Å². The van der Waals surface area contributed by atoms with Crippen LogP contribution in [0.15, 0.2) is 35.4 Å². The summed E-state index contributed by atoms with van der Waals surface area (Å²) < 4.78 is 0. The summed E-state index contributed by atoms with van der Waals surface area (Å²) >= 11 is 5.78. The van der Waals surface area contributed by atoms with Crippen molar-refractivity contribution in [2.45, 2.75) is 13.8 Å². The first-order valence-corrected chi connectivity index (χ1v) is 3.12. The molecule has 0 aromatic heterocycles. The number of hydrogen-bond donors (Lipinski definition) is 0. The fourth-order valence-electron chi connectivity index (χ4n) is 0.426. The summed E-state index contributed by atoms with van der Waals surface area (Å²) in [7, 11) is 0. The third-order valence-corrected chi connectivity index (χ3v) is 1.65. The molecule has 0 aliphatic carbocycles. The molecule has 0 unspecified atom stereocenters. The minimum atomic E-state index is 0.713. The second kappa shape index (κ2) is 3.52. The molecule has 0 bridgehead atoms. The highest BCUT2D eigenvalue weighted by molar-refractivity contribution is 6.32. The van der Waals surface area contributed by atoms with Gasteiger partial charge in [-0.25, -0.2) is 0 Å². The summed E-state index contributed by atoms with van der Waals surface area (Å²) in [4.78, 5) is 0. The molecule has 50 valence electrons. The van der Waals surface area contributed by atoms with E-state index in [-0.39, 0.29) is 0 Å². The third kappa shape index (κ3) is 2.52. The minimum absolute atomic E-state index is 0.713. The Morgan fingerprint density at radius 1 is 1.44 bits per heavy atom. The van der Waals surface area contributed by atoms with Gasteiger partial charge in [0, 0.05) is 5.03 Å². The summed E-state index contributed by atoms with van der Waals surface area (Å²) in [5.41, 5.74) is 1.86. The first kappa shape index (κ1) is 8.51. The molecule has 1 heteroatoms. The van der Waals surface area contributed by atoms with Gasteiger partial charge < -0.3 is 0 Å². The molecule has 0 saturated heterocycles. The van der Waals surface area contributed by atoms with E-state index in [0.717, 1.165) is 11.1 Å². The van der Waals surface area contributed by atoms with Crippen LogP contribution >= 0.6 is 11.6 Å². The fourth-order valence-corrected chi connectivity index (χ4v) is 0.503. The number of allylic oxidation sites excluding steroid dienone is 4. The van der Waals surface area contributed by atoms with Crippen molar-refractivity contribution >= 4 is 11.6 Å². The van der Waals surface area contributed by atoms with Crippen molar-refractivity contribution < 1.29 is 0 Å². The summed E-state index contributed by atoms with van der Waals surface area (Å²) in [5.74, 6) is 0. The van der Waals surface area contributed by atoms with Gasteiger partial charge in [-0.3, -0.25) is 0 Å². The van der Waals surface area contributed by atoms with Gasteiger partial charge in [0.2, 0.25) is 0 Å². The maximum Gasteiger partial charge on any atom is 0.0458 e. The summed E-state index contributed by atoms with van der Waals surface area (Å²) in [5, 5.41) is 0.713. The highest BCUT2D eigenvalue weighted by Gasteiger charge is 1.93. The van der Waals surface area contributed by atoms with Crippen LogP contribution in [0.3, 0.4) is 0 Å². The van der Waals surface area contributed by atoms with Gasteiger partial charge in [-0.1, -0.05) is 30.8 Å². The van der Waals surface area contributed by atoms with Gasteiger partial charge in [-0.15, -0.1) is 0 Å². The lowest BCUT2D eigenvalue weighted by Crippen LogP contribution is -1.76. The van der Waals surface area contributed by atoms with E-state index in [0.29, 0.717) is 5.03 Å². The molecular formula is C8H11Cl. The lowest BCUT2D eigenvalue weighted by atomic mass is 10.2. The standard InChI is InChI=1S/C8H11Cl/c1-5-7(4)8(9)6(2)3/h5H,1-2H2,3-4H3/b8-7+. The van der Waals surface area contributed by atoms with Crippen LogP contribution in [0.25, 0.3) is 0 Å². The van der Waals surface area contributed by atoms with Crippen molar-refractivity contribution in [3.05, 3.63) is 35.4 Å². The normalized spacial score (nSPS) is 12.3. The van der Waals surface area contributed by atoms with E-state index < -0.39 is 0 Å². The summed E-state index contributed by atoms with van der Waals surface area (Å²) in [6.07, 6.45) is 1.72. The second-order valence-corrected chi connectivity index (χ2v) is 2.36. The van der Waals surface area contributed by atoms with Gasteiger partial charge in [0.1, 0.15) is 0 Å². The smallest absolute Gasteiger partial charge is 0.0458 e. The molecule has 0 nitrogen and oxygen atoms in total. The van der Waals surface area contributed by atoms with Gasteiger partial charge in [0.15, 0.2) is 0 Å².